The number of nitrogens with one attached hydrogen (secondary N) is 2. The molecule has 1 aliphatic rings. The Morgan fingerprint density at radius 3 is 2.17 bits per heavy atom. The molecule has 0 aliphatic carbocycles. The second-order valence-corrected chi connectivity index (χ2v) is 6.30. The molecule has 3 heteroatoms. The SMILES string of the molecule is C[C@H](NC(=O)C1(c2ccccc2)CCNCC1)c1ccccc1. The second kappa shape index (κ2) is 6.97. The zero-order chi connectivity index (χ0) is 16.1. The van der Waals surface area contributed by atoms with Crippen LogP contribution >= 0.6 is 0 Å². The lowest BCUT2D eigenvalue weighted by molar-refractivity contribution is -0.128. The quantitative estimate of drug-likeness (QED) is 0.911. The molecule has 0 radical (unpaired) electrons. The molecule has 1 saturated heterocycles. The van der Waals surface area contributed by atoms with Crippen molar-refractivity contribution in [1.82, 2.24) is 10.6 Å². The van der Waals surface area contributed by atoms with E-state index in [1.165, 1.54) is 0 Å². The Bertz CT molecular complexity index is 633. The van der Waals surface area contributed by atoms with Crippen LogP contribution in [-0.2, 0) is 10.2 Å². The standard InChI is InChI=1S/C20H24N2O/c1-16(17-8-4-2-5-9-17)22-19(23)20(12-14-21-15-13-20)18-10-6-3-7-11-18/h2-11,16,21H,12-15H2,1H3,(H,22,23)/t16-/m0/s1. The maximum atomic E-state index is 13.2. The summed E-state index contributed by atoms with van der Waals surface area (Å²) in [6.07, 6.45) is 1.68. The first-order valence-corrected chi connectivity index (χ1v) is 8.34. The van der Waals surface area contributed by atoms with Gasteiger partial charge in [-0.15, -0.1) is 0 Å². The Labute approximate surface area is 138 Å². The molecule has 2 N–H and O–H groups in total. The van der Waals surface area contributed by atoms with Gasteiger partial charge in [-0.1, -0.05) is 60.7 Å². The number of hydrogen-bond acceptors (Lipinski definition) is 2. The van der Waals surface area contributed by atoms with Gasteiger partial charge in [-0.25, -0.2) is 0 Å². The number of amides is 1. The third kappa shape index (κ3) is 3.30. The van der Waals surface area contributed by atoms with E-state index in [0.29, 0.717) is 0 Å². The molecule has 1 atom stereocenters. The molecule has 3 rings (SSSR count). The molecular formula is C20H24N2O. The van der Waals surface area contributed by atoms with E-state index in [2.05, 4.69) is 34.9 Å². The van der Waals surface area contributed by atoms with Crippen LogP contribution in [0.5, 0.6) is 0 Å². The van der Waals surface area contributed by atoms with E-state index in [4.69, 9.17) is 0 Å². The van der Waals surface area contributed by atoms with Gasteiger partial charge in [-0.05, 0) is 44.0 Å². The molecule has 0 saturated carbocycles. The third-order valence-electron chi connectivity index (χ3n) is 4.87. The van der Waals surface area contributed by atoms with Crippen molar-refractivity contribution in [3.63, 3.8) is 0 Å². The van der Waals surface area contributed by atoms with Gasteiger partial charge in [0.1, 0.15) is 0 Å². The van der Waals surface area contributed by atoms with Gasteiger partial charge in [0.2, 0.25) is 5.91 Å². The van der Waals surface area contributed by atoms with Gasteiger partial charge in [0.05, 0.1) is 11.5 Å². The summed E-state index contributed by atoms with van der Waals surface area (Å²) in [4.78, 5) is 13.2. The predicted molar refractivity (Wildman–Crippen MR) is 93.2 cm³/mol. The average Bonchev–Trinajstić information content (AvgIpc) is 2.63. The molecule has 0 spiro atoms. The maximum absolute atomic E-state index is 13.2. The fraction of sp³-hybridized carbons (Fsp3) is 0.350. The Hall–Kier alpha value is -2.13. The lowest BCUT2D eigenvalue weighted by atomic mass is 9.72. The van der Waals surface area contributed by atoms with Crippen LogP contribution in [0, 0.1) is 0 Å². The van der Waals surface area contributed by atoms with Crippen molar-refractivity contribution in [3.05, 3.63) is 71.8 Å². The van der Waals surface area contributed by atoms with Gasteiger partial charge in [-0.3, -0.25) is 4.79 Å². The minimum absolute atomic E-state index is 0.0131. The number of carbonyl (C=O) groups is 1. The monoisotopic (exact) mass is 308 g/mol. The Kier molecular flexibility index (Phi) is 4.77. The van der Waals surface area contributed by atoms with Gasteiger partial charge in [0, 0.05) is 0 Å². The number of carbonyl (C=O) groups excluding carboxylic acids is 1. The van der Waals surface area contributed by atoms with Gasteiger partial charge >= 0.3 is 0 Å². The highest BCUT2D eigenvalue weighted by atomic mass is 16.2. The van der Waals surface area contributed by atoms with Gasteiger partial charge < -0.3 is 10.6 Å². The van der Waals surface area contributed by atoms with Crippen molar-refractivity contribution in [1.29, 1.82) is 0 Å². The van der Waals surface area contributed by atoms with Gasteiger partial charge in [0.15, 0.2) is 0 Å². The summed E-state index contributed by atoms with van der Waals surface area (Å²) < 4.78 is 0. The topological polar surface area (TPSA) is 41.1 Å². The lowest BCUT2D eigenvalue weighted by Crippen LogP contribution is -2.51. The maximum Gasteiger partial charge on any atom is 0.231 e. The summed E-state index contributed by atoms with van der Waals surface area (Å²) in [7, 11) is 0. The molecule has 0 bridgehead atoms. The Morgan fingerprint density at radius 1 is 1.00 bits per heavy atom. The van der Waals surface area contributed by atoms with Crippen molar-refractivity contribution in [2.24, 2.45) is 0 Å². The Morgan fingerprint density at radius 2 is 1.57 bits per heavy atom. The van der Waals surface area contributed by atoms with Crippen molar-refractivity contribution >= 4 is 5.91 Å². The first-order valence-electron chi connectivity index (χ1n) is 8.34. The summed E-state index contributed by atoms with van der Waals surface area (Å²) in [5.41, 5.74) is 1.84. The molecule has 1 fully saturated rings. The van der Waals surface area contributed by atoms with E-state index in [0.717, 1.165) is 37.1 Å². The number of rotatable bonds is 4. The van der Waals surface area contributed by atoms with Crippen molar-refractivity contribution < 1.29 is 4.79 Å². The molecule has 2 aromatic carbocycles. The van der Waals surface area contributed by atoms with E-state index in [9.17, 15) is 4.79 Å². The van der Waals surface area contributed by atoms with Gasteiger partial charge in [-0.2, -0.15) is 0 Å². The van der Waals surface area contributed by atoms with E-state index in [-0.39, 0.29) is 11.9 Å². The predicted octanol–water partition coefficient (Wildman–Crippen LogP) is 3.19. The summed E-state index contributed by atoms with van der Waals surface area (Å²) >= 11 is 0. The van der Waals surface area contributed by atoms with Crippen LogP contribution in [0.25, 0.3) is 0 Å². The largest absolute Gasteiger partial charge is 0.349 e. The molecule has 0 aromatic heterocycles. The highest BCUT2D eigenvalue weighted by molar-refractivity contribution is 5.88. The van der Waals surface area contributed by atoms with Crippen molar-refractivity contribution in [2.75, 3.05) is 13.1 Å². The minimum atomic E-state index is -0.421. The molecule has 1 aliphatic heterocycles. The molecule has 2 aromatic rings. The first-order chi connectivity index (χ1) is 11.2. The van der Waals surface area contributed by atoms with E-state index in [1.54, 1.807) is 0 Å². The fourth-order valence-electron chi connectivity index (χ4n) is 3.42. The second-order valence-electron chi connectivity index (χ2n) is 6.30. The highest BCUT2D eigenvalue weighted by Gasteiger charge is 2.41. The van der Waals surface area contributed by atoms with Crippen LogP contribution in [0.1, 0.15) is 36.9 Å². The van der Waals surface area contributed by atoms with E-state index >= 15 is 0 Å². The highest BCUT2D eigenvalue weighted by Crippen LogP contribution is 2.34. The molecule has 0 unspecified atom stereocenters. The number of piperidine rings is 1. The lowest BCUT2D eigenvalue weighted by Gasteiger charge is -2.37. The summed E-state index contributed by atoms with van der Waals surface area (Å²) in [6.45, 7) is 3.80. The number of hydrogen-bond donors (Lipinski definition) is 2. The zero-order valence-electron chi connectivity index (χ0n) is 13.6. The summed E-state index contributed by atoms with van der Waals surface area (Å²) in [5, 5.41) is 6.61. The van der Waals surface area contributed by atoms with Crippen LogP contribution in [0.4, 0.5) is 0 Å². The number of benzene rings is 2. The summed E-state index contributed by atoms with van der Waals surface area (Å²) in [5.74, 6) is 0.140. The molecule has 1 heterocycles. The zero-order valence-corrected chi connectivity index (χ0v) is 13.6. The molecule has 23 heavy (non-hydrogen) atoms. The van der Waals surface area contributed by atoms with Crippen LogP contribution in [-0.4, -0.2) is 19.0 Å². The van der Waals surface area contributed by atoms with E-state index in [1.807, 2.05) is 43.3 Å². The molecular weight excluding hydrogens is 284 g/mol. The van der Waals surface area contributed by atoms with Crippen LogP contribution in [0.15, 0.2) is 60.7 Å². The smallest absolute Gasteiger partial charge is 0.231 e. The molecule has 120 valence electrons. The third-order valence-corrected chi connectivity index (χ3v) is 4.87. The molecule has 1 amide bonds. The average molecular weight is 308 g/mol. The molecule has 3 nitrogen and oxygen atoms in total. The summed E-state index contributed by atoms with van der Waals surface area (Å²) in [6, 6.07) is 20.4. The first kappa shape index (κ1) is 15.8. The van der Waals surface area contributed by atoms with Gasteiger partial charge in [0.25, 0.3) is 0 Å². The van der Waals surface area contributed by atoms with Crippen molar-refractivity contribution in [3.8, 4) is 0 Å². The van der Waals surface area contributed by atoms with E-state index < -0.39 is 5.41 Å². The Balaban J connectivity index is 1.84. The van der Waals surface area contributed by atoms with Crippen LogP contribution in [0.3, 0.4) is 0 Å². The van der Waals surface area contributed by atoms with Crippen LogP contribution < -0.4 is 10.6 Å². The van der Waals surface area contributed by atoms with Crippen LogP contribution in [0.2, 0.25) is 0 Å². The fourth-order valence-corrected chi connectivity index (χ4v) is 3.42. The normalized spacial score (nSPS) is 18.1. The van der Waals surface area contributed by atoms with Crippen molar-refractivity contribution in [2.45, 2.75) is 31.2 Å². The minimum Gasteiger partial charge on any atom is -0.349 e.